The van der Waals surface area contributed by atoms with Crippen molar-refractivity contribution < 1.29 is 46.2 Å². The number of carbonyl (C=O) groups excluding carboxylic acids is 2. The Bertz CT molecular complexity index is 2110. The summed E-state index contributed by atoms with van der Waals surface area (Å²) in [6, 6.07) is 8.51. The van der Waals surface area contributed by atoms with Gasteiger partial charge in [-0.15, -0.1) is 22.7 Å². The maximum Gasteiger partial charge on any atom is 0.407 e. The van der Waals surface area contributed by atoms with Crippen LogP contribution in [-0.2, 0) is 20.0 Å². The molecule has 6 amide bonds. The Balaban J connectivity index is 0.000000245. The number of urea groups is 2. The average molecular weight is 863 g/mol. The molecule has 3 aromatic rings. The maximum atomic E-state index is 13.0. The number of benzene rings is 1. The number of anilines is 2. The lowest BCUT2D eigenvalue weighted by atomic mass is 9.78. The summed E-state index contributed by atoms with van der Waals surface area (Å²) in [6.07, 6.45) is -0.0623. The zero-order valence-electron chi connectivity index (χ0n) is 29.9. The molecule has 0 aliphatic carbocycles. The molecule has 5 rings (SSSR count). The predicted octanol–water partition coefficient (Wildman–Crippen LogP) is 5.05. The molecule has 2 fully saturated rings. The van der Waals surface area contributed by atoms with E-state index in [1.807, 2.05) is 51.1 Å². The van der Waals surface area contributed by atoms with Gasteiger partial charge in [0.2, 0.25) is 0 Å². The highest BCUT2D eigenvalue weighted by Gasteiger charge is 2.44. The van der Waals surface area contributed by atoms with Crippen LogP contribution in [0.5, 0.6) is 0 Å². The van der Waals surface area contributed by atoms with Crippen LogP contribution in [0.15, 0.2) is 50.9 Å². The van der Waals surface area contributed by atoms with Crippen LogP contribution in [0.4, 0.5) is 30.6 Å². The Morgan fingerprint density at radius 2 is 1.38 bits per heavy atom. The van der Waals surface area contributed by atoms with Gasteiger partial charge >= 0.3 is 24.2 Å². The van der Waals surface area contributed by atoms with E-state index in [0.29, 0.717) is 43.6 Å². The lowest BCUT2D eigenvalue weighted by molar-refractivity contribution is 0.0434. The molecule has 0 spiro atoms. The van der Waals surface area contributed by atoms with Crippen LogP contribution in [0.1, 0.15) is 46.5 Å². The van der Waals surface area contributed by atoms with E-state index in [0.717, 1.165) is 28.2 Å². The first-order chi connectivity index (χ1) is 25.6. The smallest absolute Gasteiger partial charge is 0.407 e. The van der Waals surface area contributed by atoms with Gasteiger partial charge in [0.25, 0.3) is 20.0 Å². The number of amides is 6. The highest BCUT2D eigenvalue weighted by Crippen LogP contribution is 2.39. The first-order valence-electron chi connectivity index (χ1n) is 16.7. The summed E-state index contributed by atoms with van der Waals surface area (Å²) < 4.78 is 56.9. The number of rotatable bonds is 9. The molecule has 10 N–H and O–H groups in total. The summed E-state index contributed by atoms with van der Waals surface area (Å²) in [7, 11) is -8.06. The van der Waals surface area contributed by atoms with Gasteiger partial charge in [-0.1, -0.05) is 62.7 Å². The molecule has 18 nitrogen and oxygen atoms in total. The van der Waals surface area contributed by atoms with Gasteiger partial charge in [0.05, 0.1) is 21.8 Å². The van der Waals surface area contributed by atoms with Crippen molar-refractivity contribution in [3.8, 4) is 10.4 Å². The third-order valence-corrected chi connectivity index (χ3v) is 15.0. The number of likely N-dealkylation sites (tertiary alicyclic amines) is 2. The van der Waals surface area contributed by atoms with Gasteiger partial charge in [-0.25, -0.2) is 45.5 Å². The van der Waals surface area contributed by atoms with E-state index in [9.17, 15) is 41.1 Å². The molecule has 23 heteroatoms. The standard InChI is InChI=1S/C17H20N4O5S2.C15H23ClN4O5S2/c18-16(22)19-13-9-14(11-5-2-1-3-6-11)27-15(13)28(25,26)20-12-7-4-8-21(10-12)17(23)24;1-15(2,3)11-8(5-4-6-20(11)14(22)23)19-27(24,25)12-9(18-13(17)21)7-10(16)26-12/h1-3,5-6,9,12,20H,4,7-8,10H2,(H,23,24)(H3,18,19,22);7-8,11,19H,4-6H2,1-3H3,(H,22,23)(H3,17,18,21)/t12-;8-,11?/m00/s1. The van der Waals surface area contributed by atoms with Crippen LogP contribution >= 0.6 is 34.3 Å². The largest absolute Gasteiger partial charge is 0.465 e. The third-order valence-electron chi connectivity index (χ3n) is 8.51. The highest BCUT2D eigenvalue weighted by atomic mass is 35.5. The lowest BCUT2D eigenvalue weighted by Gasteiger charge is -2.46. The molecule has 2 saturated heterocycles. The number of hydrogen-bond donors (Lipinski definition) is 8. The van der Waals surface area contributed by atoms with E-state index in [4.69, 9.17) is 28.2 Å². The molecule has 3 atom stereocenters. The van der Waals surface area contributed by atoms with Crippen molar-refractivity contribution in [1.29, 1.82) is 0 Å². The summed E-state index contributed by atoms with van der Waals surface area (Å²) in [4.78, 5) is 48.4. The number of carboxylic acid groups (broad SMARTS) is 2. The van der Waals surface area contributed by atoms with Crippen LogP contribution in [0, 0.1) is 5.41 Å². The number of sulfonamides is 2. The monoisotopic (exact) mass is 862 g/mol. The van der Waals surface area contributed by atoms with Gasteiger partial charge in [-0.2, -0.15) is 0 Å². The molecule has 2 aliphatic rings. The number of primary amides is 2. The number of nitrogens with one attached hydrogen (secondary N) is 4. The van der Waals surface area contributed by atoms with E-state index in [-0.39, 0.29) is 30.7 Å². The van der Waals surface area contributed by atoms with E-state index in [1.54, 1.807) is 6.07 Å². The average Bonchev–Trinajstić information content (AvgIpc) is 3.68. The number of thiophene rings is 2. The lowest BCUT2D eigenvalue weighted by Crippen LogP contribution is -2.61. The van der Waals surface area contributed by atoms with Crippen molar-refractivity contribution in [3.63, 3.8) is 0 Å². The normalized spacial score (nSPS) is 19.2. The molecule has 4 heterocycles. The quantitative estimate of drug-likeness (QED) is 0.142. The SMILES string of the molecule is CC(C)(C)C1[C@@H](NS(=O)(=O)c2sc(Cl)cc2NC(N)=O)CCCN1C(=O)O.NC(=O)Nc1cc(-c2ccccc2)sc1S(=O)(=O)N[C@H]1CCCN(C(=O)O)C1. The van der Waals surface area contributed by atoms with Gasteiger partial charge in [-0.3, -0.25) is 0 Å². The molecule has 0 saturated carbocycles. The fourth-order valence-corrected chi connectivity index (χ4v) is 12.4. The minimum absolute atomic E-state index is 0.0109. The molecule has 1 aromatic carbocycles. The second-order valence-electron chi connectivity index (χ2n) is 13.8. The van der Waals surface area contributed by atoms with Gasteiger partial charge in [0.1, 0.15) is 0 Å². The summed E-state index contributed by atoms with van der Waals surface area (Å²) in [5.74, 6) is 0. The summed E-state index contributed by atoms with van der Waals surface area (Å²) in [5.41, 5.74) is 10.7. The summed E-state index contributed by atoms with van der Waals surface area (Å²) >= 11 is 7.70. The second-order valence-corrected chi connectivity index (χ2v) is 20.3. The number of carbonyl (C=O) groups is 4. The number of hydrogen-bond acceptors (Lipinski definition) is 10. The van der Waals surface area contributed by atoms with Gasteiger partial charge < -0.3 is 42.1 Å². The van der Waals surface area contributed by atoms with Gasteiger partial charge in [0, 0.05) is 36.6 Å². The van der Waals surface area contributed by atoms with Crippen molar-refractivity contribution >= 4 is 89.9 Å². The number of piperidine rings is 2. The van der Waals surface area contributed by atoms with Crippen LogP contribution in [0.25, 0.3) is 10.4 Å². The van der Waals surface area contributed by atoms with Crippen molar-refractivity contribution in [2.75, 3.05) is 30.3 Å². The van der Waals surface area contributed by atoms with Gasteiger partial charge in [-0.05, 0) is 48.8 Å². The Morgan fingerprint density at radius 1 is 0.818 bits per heavy atom. The second kappa shape index (κ2) is 17.7. The van der Waals surface area contributed by atoms with Crippen molar-refractivity contribution in [2.45, 2.75) is 73.0 Å². The topological polar surface area (TPSA) is 284 Å². The Morgan fingerprint density at radius 3 is 1.95 bits per heavy atom. The molecule has 55 heavy (non-hydrogen) atoms. The van der Waals surface area contributed by atoms with Crippen molar-refractivity contribution in [3.05, 3.63) is 46.8 Å². The highest BCUT2D eigenvalue weighted by molar-refractivity contribution is 7.92. The third kappa shape index (κ3) is 11.4. The van der Waals surface area contributed by atoms with E-state index >= 15 is 0 Å². The fourth-order valence-electron chi connectivity index (χ4n) is 6.48. The minimum atomic E-state index is -4.06. The molecule has 2 aromatic heterocycles. The first kappa shape index (κ1) is 43.5. The van der Waals surface area contributed by atoms with Crippen molar-refractivity contribution in [1.82, 2.24) is 19.2 Å². The molecular weight excluding hydrogens is 820 g/mol. The molecule has 2 aliphatic heterocycles. The van der Waals surface area contributed by atoms with Crippen molar-refractivity contribution in [2.24, 2.45) is 16.9 Å². The molecule has 1 unspecified atom stereocenters. The van der Waals surface area contributed by atoms with E-state index in [2.05, 4.69) is 20.1 Å². The fraction of sp³-hybridized carbons (Fsp3) is 0.438. The first-order valence-corrected chi connectivity index (χ1v) is 21.7. The molecular formula is C32H43ClN8O10S4. The molecule has 0 bridgehead atoms. The number of nitrogens with two attached hydrogens (primary N) is 2. The summed E-state index contributed by atoms with van der Waals surface area (Å²) in [5, 5.41) is 23.3. The Labute approximate surface area is 331 Å². The van der Waals surface area contributed by atoms with E-state index in [1.165, 1.54) is 15.9 Å². The van der Waals surface area contributed by atoms with Crippen LogP contribution in [0.2, 0.25) is 4.34 Å². The summed E-state index contributed by atoms with van der Waals surface area (Å²) in [6.45, 7) is 6.38. The Kier molecular flexibility index (Phi) is 14.0. The maximum absolute atomic E-state index is 13.0. The minimum Gasteiger partial charge on any atom is -0.465 e. The van der Waals surface area contributed by atoms with Crippen LogP contribution in [0.3, 0.4) is 0 Å². The van der Waals surface area contributed by atoms with E-state index < -0.39 is 67.8 Å². The number of halogens is 1. The van der Waals surface area contributed by atoms with Crippen LogP contribution in [-0.4, -0.2) is 98.9 Å². The predicted molar refractivity (Wildman–Crippen MR) is 210 cm³/mol. The zero-order valence-corrected chi connectivity index (χ0v) is 34.0. The molecule has 0 radical (unpaired) electrons. The van der Waals surface area contributed by atoms with Gasteiger partial charge in [0.15, 0.2) is 8.42 Å². The number of nitrogens with zero attached hydrogens (tertiary/aromatic N) is 2. The Hall–Kier alpha value is -4.19. The zero-order chi connectivity index (χ0) is 40.9. The molecule has 302 valence electrons. The van der Waals surface area contributed by atoms with Crippen LogP contribution < -0.4 is 31.5 Å².